The Labute approximate surface area is 66.6 Å². The van der Waals surface area contributed by atoms with Crippen LogP contribution in [0.4, 0.5) is 18.0 Å². The Morgan fingerprint density at radius 1 is 1.42 bits per heavy atom. The third kappa shape index (κ3) is 1.69. The van der Waals surface area contributed by atoms with E-state index in [1.54, 1.807) is 0 Å². The van der Waals surface area contributed by atoms with Crippen molar-refractivity contribution in [3.05, 3.63) is 11.3 Å². The molecule has 1 aliphatic rings. The summed E-state index contributed by atoms with van der Waals surface area (Å²) in [4.78, 5) is 10.4. The van der Waals surface area contributed by atoms with Crippen LogP contribution in [0.3, 0.4) is 0 Å². The molecule has 0 unspecified atom stereocenters. The molecule has 6 heteroatoms. The first-order chi connectivity index (χ1) is 5.41. The summed E-state index contributed by atoms with van der Waals surface area (Å²) in [6, 6.07) is -0.847. The molecule has 2 amide bonds. The Hall–Kier alpha value is -1.20. The molecule has 2 radical (unpaired) electrons. The van der Waals surface area contributed by atoms with Crippen molar-refractivity contribution in [3.63, 3.8) is 0 Å². The molecule has 0 N–H and O–H groups in total. The second kappa shape index (κ2) is 2.69. The minimum atomic E-state index is -4.43. The predicted molar refractivity (Wildman–Crippen MR) is 33.3 cm³/mol. The van der Waals surface area contributed by atoms with Gasteiger partial charge in [0.25, 0.3) is 0 Å². The number of rotatable bonds is 0. The highest BCUT2D eigenvalue weighted by molar-refractivity contribution is 5.77. The molecule has 0 aromatic carbocycles. The molecular formula is C6H5F3N2O. The SMILES string of the molecule is CC1=C(C(F)(F)F)C[N]C(=O)[N]1. The molecule has 66 valence electrons. The topological polar surface area (TPSA) is 45.3 Å². The summed E-state index contributed by atoms with van der Waals surface area (Å²) < 4.78 is 36.1. The standard InChI is InChI=1S/C6H5F3N2O/c1-3-4(6(7,8)9)2-10-5(12)11-3/h2H2,1H3. The van der Waals surface area contributed by atoms with Gasteiger partial charge < -0.3 is 0 Å². The van der Waals surface area contributed by atoms with Crippen molar-refractivity contribution in [1.29, 1.82) is 0 Å². The molecule has 0 bridgehead atoms. The van der Waals surface area contributed by atoms with Gasteiger partial charge in [-0.15, -0.1) is 0 Å². The largest absolute Gasteiger partial charge is 0.416 e. The molecule has 12 heavy (non-hydrogen) atoms. The van der Waals surface area contributed by atoms with Gasteiger partial charge in [0.05, 0.1) is 17.8 Å². The molecule has 0 atom stereocenters. The van der Waals surface area contributed by atoms with Crippen LogP contribution in [0.2, 0.25) is 0 Å². The van der Waals surface area contributed by atoms with E-state index in [1.807, 2.05) is 0 Å². The summed E-state index contributed by atoms with van der Waals surface area (Å²) in [5.41, 5.74) is -1.13. The first kappa shape index (κ1) is 8.89. The Balaban J connectivity index is 2.90. The van der Waals surface area contributed by atoms with E-state index in [-0.39, 0.29) is 5.70 Å². The monoisotopic (exact) mass is 178 g/mol. The zero-order valence-electron chi connectivity index (χ0n) is 6.14. The molecule has 0 aliphatic carbocycles. The number of carbonyl (C=O) groups excluding carboxylic acids is 1. The van der Waals surface area contributed by atoms with Crippen molar-refractivity contribution in [2.75, 3.05) is 6.54 Å². The Kier molecular flexibility index (Phi) is 1.99. The lowest BCUT2D eigenvalue weighted by Gasteiger charge is -2.17. The molecule has 3 nitrogen and oxygen atoms in total. The van der Waals surface area contributed by atoms with Gasteiger partial charge in [0.1, 0.15) is 0 Å². The van der Waals surface area contributed by atoms with Crippen LogP contribution >= 0.6 is 0 Å². The maximum Gasteiger partial charge on any atom is 0.416 e. The molecule has 1 rings (SSSR count). The van der Waals surface area contributed by atoms with Crippen molar-refractivity contribution in [2.24, 2.45) is 0 Å². The number of allylic oxidation sites excluding steroid dienone is 1. The summed E-state index contributed by atoms with van der Waals surface area (Å²) in [6.07, 6.45) is -4.43. The first-order valence-electron chi connectivity index (χ1n) is 3.11. The number of nitrogens with zero attached hydrogens (tertiary/aromatic N) is 2. The van der Waals surface area contributed by atoms with Gasteiger partial charge in [0.2, 0.25) is 0 Å². The van der Waals surface area contributed by atoms with E-state index in [9.17, 15) is 18.0 Å². The van der Waals surface area contributed by atoms with Crippen molar-refractivity contribution in [1.82, 2.24) is 10.6 Å². The van der Waals surface area contributed by atoms with Crippen LogP contribution in [0.15, 0.2) is 11.3 Å². The number of alkyl halides is 3. The summed E-state index contributed by atoms with van der Waals surface area (Å²) in [5, 5.41) is 6.13. The minimum absolute atomic E-state index is 0.289. The highest BCUT2D eigenvalue weighted by atomic mass is 19.4. The zero-order valence-corrected chi connectivity index (χ0v) is 6.14. The number of urea groups is 1. The maximum atomic E-state index is 12.0. The summed E-state index contributed by atoms with van der Waals surface area (Å²) in [5.74, 6) is 0. The fourth-order valence-corrected chi connectivity index (χ4v) is 0.802. The summed E-state index contributed by atoms with van der Waals surface area (Å²) in [6.45, 7) is 0.535. The van der Waals surface area contributed by atoms with Crippen molar-refractivity contribution < 1.29 is 18.0 Å². The Morgan fingerprint density at radius 3 is 2.42 bits per heavy atom. The molecule has 1 aliphatic heterocycles. The third-order valence-corrected chi connectivity index (χ3v) is 1.41. The lowest BCUT2D eigenvalue weighted by atomic mass is 10.2. The number of carbonyl (C=O) groups is 1. The van der Waals surface area contributed by atoms with Gasteiger partial charge in [0, 0.05) is 0 Å². The van der Waals surface area contributed by atoms with Crippen LogP contribution in [-0.2, 0) is 0 Å². The Bertz CT molecular complexity index is 244. The zero-order chi connectivity index (χ0) is 9.35. The van der Waals surface area contributed by atoms with E-state index < -0.39 is 24.3 Å². The molecule has 0 spiro atoms. The molecule has 0 fully saturated rings. The van der Waals surface area contributed by atoms with Crippen molar-refractivity contribution >= 4 is 6.03 Å². The van der Waals surface area contributed by atoms with Gasteiger partial charge in [-0.05, 0) is 6.92 Å². The third-order valence-electron chi connectivity index (χ3n) is 1.41. The van der Waals surface area contributed by atoms with Crippen LogP contribution in [0.25, 0.3) is 0 Å². The fraction of sp³-hybridized carbons (Fsp3) is 0.500. The number of hydrogen-bond acceptors (Lipinski definition) is 1. The van der Waals surface area contributed by atoms with Crippen LogP contribution in [0.5, 0.6) is 0 Å². The van der Waals surface area contributed by atoms with E-state index in [4.69, 9.17) is 0 Å². The number of amides is 2. The molecule has 0 saturated carbocycles. The molecule has 0 aromatic rings. The Morgan fingerprint density at radius 2 is 2.00 bits per heavy atom. The first-order valence-corrected chi connectivity index (χ1v) is 3.11. The van der Waals surface area contributed by atoms with E-state index in [0.717, 1.165) is 6.92 Å². The minimum Gasteiger partial charge on any atom is -0.244 e. The molecule has 0 aromatic heterocycles. The second-order valence-electron chi connectivity index (χ2n) is 2.27. The maximum absolute atomic E-state index is 12.0. The van der Waals surface area contributed by atoms with E-state index in [0.29, 0.717) is 0 Å². The number of hydrogen-bond donors (Lipinski definition) is 0. The van der Waals surface area contributed by atoms with E-state index >= 15 is 0 Å². The van der Waals surface area contributed by atoms with Gasteiger partial charge in [0.15, 0.2) is 0 Å². The lowest BCUT2D eigenvalue weighted by Crippen LogP contribution is -2.36. The van der Waals surface area contributed by atoms with Crippen molar-refractivity contribution in [3.8, 4) is 0 Å². The van der Waals surface area contributed by atoms with Gasteiger partial charge in [-0.25, -0.2) is 10.1 Å². The second-order valence-corrected chi connectivity index (χ2v) is 2.27. The van der Waals surface area contributed by atoms with Crippen LogP contribution in [0.1, 0.15) is 6.92 Å². The predicted octanol–water partition coefficient (Wildman–Crippen LogP) is 1.17. The normalized spacial score (nSPS) is 18.8. The highest BCUT2D eigenvalue weighted by Crippen LogP contribution is 2.28. The van der Waals surface area contributed by atoms with Crippen LogP contribution in [-0.4, -0.2) is 18.8 Å². The summed E-state index contributed by atoms with van der Waals surface area (Å²) >= 11 is 0. The molecule has 1 heterocycles. The van der Waals surface area contributed by atoms with Crippen LogP contribution < -0.4 is 10.6 Å². The number of halogens is 3. The molecular weight excluding hydrogens is 173 g/mol. The highest BCUT2D eigenvalue weighted by Gasteiger charge is 2.38. The summed E-state index contributed by atoms with van der Waals surface area (Å²) in [7, 11) is 0. The van der Waals surface area contributed by atoms with Crippen LogP contribution in [0, 0.1) is 0 Å². The van der Waals surface area contributed by atoms with Gasteiger partial charge in [-0.3, -0.25) is 0 Å². The van der Waals surface area contributed by atoms with E-state index in [2.05, 4.69) is 10.6 Å². The van der Waals surface area contributed by atoms with E-state index in [1.165, 1.54) is 0 Å². The lowest BCUT2D eigenvalue weighted by molar-refractivity contribution is -0.0942. The molecule has 0 saturated heterocycles. The van der Waals surface area contributed by atoms with Crippen molar-refractivity contribution in [2.45, 2.75) is 13.1 Å². The quantitative estimate of drug-likeness (QED) is 0.549. The van der Waals surface area contributed by atoms with Gasteiger partial charge in [-0.2, -0.15) is 18.5 Å². The fourth-order valence-electron chi connectivity index (χ4n) is 0.802. The van der Waals surface area contributed by atoms with Gasteiger partial charge >= 0.3 is 12.2 Å². The van der Waals surface area contributed by atoms with Gasteiger partial charge in [-0.1, -0.05) is 0 Å². The smallest absolute Gasteiger partial charge is 0.244 e. The average molecular weight is 178 g/mol. The average Bonchev–Trinajstić information content (AvgIpc) is 1.83.